The number of rotatable bonds is 1. The number of ether oxygens (including phenoxy) is 1. The van der Waals surface area contributed by atoms with Gasteiger partial charge in [-0.05, 0) is 50.9 Å². The van der Waals surface area contributed by atoms with E-state index in [4.69, 9.17) is 15.0 Å². The van der Waals surface area contributed by atoms with Crippen molar-refractivity contribution in [2.45, 2.75) is 64.2 Å². The Bertz CT molecular complexity index is 577. The molecular formula is C17H25N3O2. The summed E-state index contributed by atoms with van der Waals surface area (Å²) in [4.78, 5) is 14.2. The van der Waals surface area contributed by atoms with Crippen molar-refractivity contribution in [1.82, 2.24) is 4.90 Å². The fourth-order valence-corrected chi connectivity index (χ4v) is 6.94. The van der Waals surface area contributed by atoms with Crippen molar-refractivity contribution < 1.29 is 9.53 Å². The molecule has 0 unspecified atom stereocenters. The van der Waals surface area contributed by atoms with Gasteiger partial charge in [0, 0.05) is 5.41 Å². The van der Waals surface area contributed by atoms with E-state index < -0.39 is 0 Å². The molecule has 1 amide bonds. The molecule has 4 bridgehead atoms. The van der Waals surface area contributed by atoms with Crippen molar-refractivity contribution >= 4 is 6.09 Å². The summed E-state index contributed by atoms with van der Waals surface area (Å²) in [5.74, 6) is 2.34. The summed E-state index contributed by atoms with van der Waals surface area (Å²) in [6.07, 6.45) is 1.15. The molecule has 0 spiro atoms. The molecule has 5 rings (SSSR count). The summed E-state index contributed by atoms with van der Waals surface area (Å²) >= 11 is 0. The molecule has 0 aromatic rings. The second-order valence-electron chi connectivity index (χ2n) is 8.82. The lowest BCUT2D eigenvalue weighted by atomic mass is 9.66. The van der Waals surface area contributed by atoms with Crippen LogP contribution in [0.1, 0.15) is 41.0 Å². The summed E-state index contributed by atoms with van der Waals surface area (Å²) in [6.45, 7) is 11.6. The van der Waals surface area contributed by atoms with E-state index >= 15 is 0 Å². The number of hydrogen-bond donors (Lipinski definition) is 0. The van der Waals surface area contributed by atoms with Gasteiger partial charge in [0.05, 0.1) is 29.8 Å². The average molecular weight is 303 g/mol. The Balaban J connectivity index is 1.53. The number of carbonyl (C=O) groups excluding carboxylic acids is 1. The topological polar surface area (TPSA) is 54.0 Å². The predicted octanol–water partition coefficient (Wildman–Crippen LogP) is 3.10. The Morgan fingerprint density at radius 2 is 1.59 bits per heavy atom. The zero-order valence-electron chi connectivity index (χ0n) is 14.0. The molecule has 2 aliphatic heterocycles. The van der Waals surface area contributed by atoms with Gasteiger partial charge in [0.2, 0.25) is 0 Å². The van der Waals surface area contributed by atoms with Gasteiger partial charge in [-0.3, -0.25) is 4.90 Å². The number of fused-ring (bicyclic) bond motifs is 12. The third-order valence-corrected chi connectivity index (χ3v) is 8.41. The third kappa shape index (κ3) is 1.02. The summed E-state index contributed by atoms with van der Waals surface area (Å²) in [7, 11) is 0. The van der Waals surface area contributed by atoms with Gasteiger partial charge in [-0.2, -0.15) is 10.2 Å². The highest BCUT2D eigenvalue weighted by Crippen LogP contribution is 2.78. The second-order valence-corrected chi connectivity index (χ2v) is 8.82. The first-order valence-corrected chi connectivity index (χ1v) is 8.69. The normalized spacial score (nSPS) is 58.0. The van der Waals surface area contributed by atoms with Crippen molar-refractivity contribution in [3.05, 3.63) is 0 Å². The van der Waals surface area contributed by atoms with Crippen LogP contribution < -0.4 is 0 Å². The molecule has 0 radical (unpaired) electrons. The first-order valence-electron chi connectivity index (χ1n) is 8.69. The fraction of sp³-hybridized carbons (Fsp3) is 0.941. The predicted molar refractivity (Wildman–Crippen MR) is 80.5 cm³/mol. The Morgan fingerprint density at radius 1 is 1.09 bits per heavy atom. The van der Waals surface area contributed by atoms with Crippen LogP contribution in [0.5, 0.6) is 0 Å². The second kappa shape index (κ2) is 3.36. The molecule has 120 valence electrons. The van der Waals surface area contributed by atoms with Crippen molar-refractivity contribution in [1.29, 1.82) is 0 Å². The average Bonchev–Trinajstić information content (AvgIpc) is 2.81. The van der Waals surface area contributed by atoms with Crippen LogP contribution in [0.4, 0.5) is 4.79 Å². The van der Waals surface area contributed by atoms with E-state index in [1.165, 1.54) is 6.42 Å². The minimum absolute atomic E-state index is 0.0697. The minimum Gasteiger partial charge on any atom is -0.450 e. The van der Waals surface area contributed by atoms with E-state index in [9.17, 15) is 4.79 Å². The molecule has 0 N–H and O–H groups in total. The van der Waals surface area contributed by atoms with E-state index in [0.717, 1.165) is 0 Å². The number of piperidine rings is 1. The molecule has 5 nitrogen and oxygen atoms in total. The van der Waals surface area contributed by atoms with Gasteiger partial charge in [0.25, 0.3) is 0 Å². The van der Waals surface area contributed by atoms with Crippen LogP contribution >= 0.6 is 0 Å². The molecule has 8 atom stereocenters. The Kier molecular flexibility index (Phi) is 2.04. The molecule has 4 fully saturated rings. The van der Waals surface area contributed by atoms with E-state index in [1.54, 1.807) is 0 Å². The molecule has 5 heteroatoms. The Hall–Kier alpha value is -1.13. The van der Waals surface area contributed by atoms with Gasteiger partial charge in [-0.15, -0.1) is 0 Å². The molecule has 3 saturated carbocycles. The molecule has 2 heterocycles. The third-order valence-electron chi connectivity index (χ3n) is 8.41. The maximum atomic E-state index is 12.2. The van der Waals surface area contributed by atoms with E-state index in [-0.39, 0.29) is 22.6 Å². The van der Waals surface area contributed by atoms with Crippen LogP contribution in [0.25, 0.3) is 0 Å². The van der Waals surface area contributed by atoms with Gasteiger partial charge in [-0.1, -0.05) is 13.8 Å². The highest BCUT2D eigenvalue weighted by atomic mass is 16.6. The van der Waals surface area contributed by atoms with Crippen LogP contribution in [0.15, 0.2) is 10.2 Å². The number of likely N-dealkylation sites (tertiary alicyclic amines) is 1. The lowest BCUT2D eigenvalue weighted by molar-refractivity contribution is 0.114. The highest BCUT2D eigenvalue weighted by molar-refractivity contribution is 5.73. The maximum absolute atomic E-state index is 12.2. The van der Waals surface area contributed by atoms with Gasteiger partial charge in [0.15, 0.2) is 0 Å². The number of carbonyl (C=O) groups is 1. The zero-order chi connectivity index (χ0) is 15.7. The van der Waals surface area contributed by atoms with Gasteiger partial charge in [-0.25, -0.2) is 4.79 Å². The first-order chi connectivity index (χ1) is 10.3. The fourth-order valence-electron chi connectivity index (χ4n) is 6.94. The molecular weight excluding hydrogens is 278 g/mol. The highest BCUT2D eigenvalue weighted by Gasteiger charge is 2.85. The lowest BCUT2D eigenvalue weighted by Crippen LogP contribution is -2.46. The van der Waals surface area contributed by atoms with Gasteiger partial charge >= 0.3 is 6.09 Å². The molecule has 22 heavy (non-hydrogen) atoms. The number of nitrogens with zero attached hydrogens (tertiary/aromatic N) is 3. The molecule has 0 aromatic heterocycles. The van der Waals surface area contributed by atoms with Crippen LogP contribution in [0.3, 0.4) is 0 Å². The first kappa shape index (κ1) is 13.3. The largest absolute Gasteiger partial charge is 0.450 e. The van der Waals surface area contributed by atoms with Crippen LogP contribution in [-0.4, -0.2) is 40.8 Å². The standard InChI is InChI=1S/C17H25N3O2/c1-6-22-14(21)20-12-8-7-9(13(12)20)11-10(8)16(4)15(2,3)17(11,5)19-18-16/h8-13H,6-7H2,1-5H3/t8-,9+,10+,11-,12-,13+,16+,17-,20?. The van der Waals surface area contributed by atoms with Crippen LogP contribution in [0, 0.1) is 29.1 Å². The van der Waals surface area contributed by atoms with Crippen molar-refractivity contribution in [3.8, 4) is 0 Å². The van der Waals surface area contributed by atoms with Gasteiger partial charge in [0.1, 0.15) is 0 Å². The molecule has 1 saturated heterocycles. The van der Waals surface area contributed by atoms with E-state index in [1.807, 2.05) is 11.8 Å². The summed E-state index contributed by atoms with van der Waals surface area (Å²) in [6, 6.07) is 0.826. The Morgan fingerprint density at radius 3 is 2.05 bits per heavy atom. The van der Waals surface area contributed by atoms with E-state index in [2.05, 4.69) is 27.7 Å². The van der Waals surface area contributed by atoms with Crippen molar-refractivity contribution in [3.63, 3.8) is 0 Å². The minimum atomic E-state index is -0.108. The summed E-state index contributed by atoms with van der Waals surface area (Å²) < 4.78 is 5.25. The summed E-state index contributed by atoms with van der Waals surface area (Å²) in [5, 5.41) is 9.54. The molecule has 5 aliphatic rings. The summed E-state index contributed by atoms with van der Waals surface area (Å²) in [5.41, 5.74) is -0.0305. The Labute approximate surface area is 131 Å². The lowest BCUT2D eigenvalue weighted by Gasteiger charge is -2.38. The van der Waals surface area contributed by atoms with E-state index in [0.29, 0.717) is 42.4 Å². The molecule has 0 aromatic carbocycles. The quantitative estimate of drug-likeness (QED) is 0.552. The van der Waals surface area contributed by atoms with Crippen molar-refractivity contribution in [2.75, 3.05) is 6.61 Å². The number of hydrogen-bond acceptors (Lipinski definition) is 4. The SMILES string of the molecule is CCOC(=O)N1[C@@H]2[C@@H]3C[C@H]([C@@H]21)[C@@H]1[C@H]3[C@]2(C)N=N[C@@]1(C)C2(C)C. The number of azo groups is 1. The van der Waals surface area contributed by atoms with Crippen LogP contribution in [0.2, 0.25) is 0 Å². The smallest absolute Gasteiger partial charge is 0.410 e. The zero-order valence-corrected chi connectivity index (χ0v) is 14.0. The molecule has 3 aliphatic carbocycles. The number of amides is 1. The van der Waals surface area contributed by atoms with Gasteiger partial charge < -0.3 is 4.74 Å². The van der Waals surface area contributed by atoms with Crippen molar-refractivity contribution in [2.24, 2.45) is 39.3 Å². The maximum Gasteiger partial charge on any atom is 0.410 e. The van der Waals surface area contributed by atoms with Crippen LogP contribution in [-0.2, 0) is 4.74 Å². The monoisotopic (exact) mass is 303 g/mol.